The standard InChI is InChI=1S/C34H44ClN3O8S2/c1-24-21-38(25(2)23-39)34(40)31-20-28(36-47(41,42)29-16-13-27(35)14-17-29)15-18-32(31)46-26(3)10-8-9-19-45-33(24)22-37(4)48(43,44)30-11-6-5-7-12-30/h5-7,11-18,20,24-26,33,36,39H,8-10,19,21-23H2,1-4H3/t24-,25+,26-,33-/m1/s1. The number of rotatable bonds is 9. The zero-order valence-corrected chi connectivity index (χ0v) is 30.0. The van der Waals surface area contributed by atoms with Crippen LogP contribution in [0.3, 0.4) is 0 Å². The molecule has 1 aliphatic heterocycles. The van der Waals surface area contributed by atoms with Crippen LogP contribution in [0, 0.1) is 5.92 Å². The third-order valence-corrected chi connectivity index (χ3v) is 11.8. The third-order valence-electron chi connectivity index (χ3n) is 8.32. The number of sulfonamides is 2. The second-order valence-corrected chi connectivity index (χ2v) is 16.3. The predicted molar refractivity (Wildman–Crippen MR) is 185 cm³/mol. The van der Waals surface area contributed by atoms with Crippen LogP contribution in [-0.2, 0) is 24.8 Å². The van der Waals surface area contributed by atoms with Gasteiger partial charge in [-0.15, -0.1) is 0 Å². The van der Waals surface area contributed by atoms with Crippen molar-refractivity contribution in [2.45, 2.75) is 68.1 Å². The molecule has 0 fully saturated rings. The Morgan fingerprint density at radius 1 is 1.00 bits per heavy atom. The normalized spacial score (nSPS) is 20.8. The zero-order valence-electron chi connectivity index (χ0n) is 27.6. The number of anilines is 1. The van der Waals surface area contributed by atoms with E-state index in [2.05, 4.69) is 4.72 Å². The SMILES string of the molecule is C[C@@H]1CCCCO[C@H](CN(C)S(=O)(=O)c2ccccc2)[C@H](C)CN([C@@H](C)CO)C(=O)c2cc(NS(=O)(=O)c3ccc(Cl)cc3)ccc2O1. The summed E-state index contributed by atoms with van der Waals surface area (Å²) >= 11 is 5.94. The smallest absolute Gasteiger partial charge is 0.261 e. The minimum atomic E-state index is -4.01. The van der Waals surface area contributed by atoms with Crippen LogP contribution in [-0.4, -0.2) is 88.7 Å². The second-order valence-electron chi connectivity index (χ2n) is 12.2. The Labute approximate surface area is 288 Å². The van der Waals surface area contributed by atoms with Gasteiger partial charge in [0.1, 0.15) is 5.75 Å². The number of halogens is 1. The molecular formula is C34H44ClN3O8S2. The van der Waals surface area contributed by atoms with E-state index in [9.17, 15) is 26.7 Å². The van der Waals surface area contributed by atoms with Crippen molar-refractivity contribution in [1.29, 1.82) is 0 Å². The van der Waals surface area contributed by atoms with Crippen molar-refractivity contribution in [2.24, 2.45) is 5.92 Å². The number of fused-ring (bicyclic) bond motifs is 1. The molecule has 0 saturated carbocycles. The van der Waals surface area contributed by atoms with E-state index < -0.39 is 38.1 Å². The van der Waals surface area contributed by atoms with Crippen molar-refractivity contribution in [2.75, 3.05) is 38.1 Å². The lowest BCUT2D eigenvalue weighted by molar-refractivity contribution is -0.00833. The van der Waals surface area contributed by atoms with Crippen LogP contribution in [0.4, 0.5) is 5.69 Å². The van der Waals surface area contributed by atoms with Gasteiger partial charge in [0.15, 0.2) is 0 Å². The number of aliphatic hydroxyl groups is 1. The fraction of sp³-hybridized carbons (Fsp3) is 0.441. The lowest BCUT2D eigenvalue weighted by Gasteiger charge is -2.35. The highest BCUT2D eigenvalue weighted by atomic mass is 35.5. The maximum Gasteiger partial charge on any atom is 0.261 e. The summed E-state index contributed by atoms with van der Waals surface area (Å²) in [6.07, 6.45) is 1.26. The van der Waals surface area contributed by atoms with Crippen molar-refractivity contribution in [1.82, 2.24) is 9.21 Å². The molecule has 0 aliphatic carbocycles. The number of likely N-dealkylation sites (N-methyl/N-ethyl adjacent to an activating group) is 1. The number of nitrogens with one attached hydrogen (secondary N) is 1. The monoisotopic (exact) mass is 721 g/mol. The highest BCUT2D eigenvalue weighted by molar-refractivity contribution is 7.92. The number of amides is 1. The third kappa shape index (κ3) is 9.48. The first-order valence-electron chi connectivity index (χ1n) is 15.9. The highest BCUT2D eigenvalue weighted by Gasteiger charge is 2.32. The van der Waals surface area contributed by atoms with Crippen LogP contribution in [0.25, 0.3) is 0 Å². The van der Waals surface area contributed by atoms with Crippen molar-refractivity contribution in [3.8, 4) is 5.75 Å². The first-order valence-corrected chi connectivity index (χ1v) is 19.2. The van der Waals surface area contributed by atoms with E-state index in [1.54, 1.807) is 31.2 Å². The van der Waals surface area contributed by atoms with E-state index in [4.69, 9.17) is 21.1 Å². The summed E-state index contributed by atoms with van der Waals surface area (Å²) in [7, 11) is -6.31. The van der Waals surface area contributed by atoms with Gasteiger partial charge >= 0.3 is 0 Å². The molecule has 1 heterocycles. The molecule has 48 heavy (non-hydrogen) atoms. The van der Waals surface area contributed by atoms with Gasteiger partial charge in [0.2, 0.25) is 10.0 Å². The van der Waals surface area contributed by atoms with Crippen LogP contribution in [0.15, 0.2) is 82.6 Å². The van der Waals surface area contributed by atoms with Gasteiger partial charge in [0, 0.05) is 43.4 Å². The number of nitrogens with zero attached hydrogens (tertiary/aromatic N) is 2. The molecule has 4 atom stereocenters. The van der Waals surface area contributed by atoms with Gasteiger partial charge in [-0.3, -0.25) is 9.52 Å². The van der Waals surface area contributed by atoms with E-state index in [1.165, 1.54) is 64.8 Å². The van der Waals surface area contributed by atoms with Gasteiger partial charge in [-0.2, -0.15) is 4.31 Å². The van der Waals surface area contributed by atoms with Gasteiger partial charge < -0.3 is 19.5 Å². The molecule has 4 rings (SSSR count). The maximum atomic E-state index is 14.4. The number of hydrogen-bond donors (Lipinski definition) is 2. The molecule has 3 aromatic carbocycles. The summed E-state index contributed by atoms with van der Waals surface area (Å²) in [5, 5.41) is 10.6. The molecule has 0 bridgehead atoms. The molecule has 0 unspecified atom stereocenters. The topological polar surface area (TPSA) is 143 Å². The van der Waals surface area contributed by atoms with E-state index in [0.717, 1.165) is 6.42 Å². The summed E-state index contributed by atoms with van der Waals surface area (Å²) in [5.74, 6) is -0.573. The first kappa shape index (κ1) is 37.6. The highest BCUT2D eigenvalue weighted by Crippen LogP contribution is 2.30. The molecule has 0 aromatic heterocycles. The molecule has 14 heteroatoms. The number of carbonyl (C=O) groups excluding carboxylic acids is 1. The predicted octanol–water partition coefficient (Wildman–Crippen LogP) is 5.26. The lowest BCUT2D eigenvalue weighted by atomic mass is 10.0. The maximum absolute atomic E-state index is 14.4. The fourth-order valence-corrected chi connectivity index (χ4v) is 7.78. The van der Waals surface area contributed by atoms with Crippen molar-refractivity contribution in [3.05, 3.63) is 83.4 Å². The minimum absolute atomic E-state index is 0.00201. The molecule has 1 aliphatic rings. The molecule has 0 spiro atoms. The molecule has 1 amide bonds. The molecule has 262 valence electrons. The Kier molecular flexibility index (Phi) is 12.9. The number of aliphatic hydroxyl groups excluding tert-OH is 1. The summed E-state index contributed by atoms with van der Waals surface area (Å²) in [6, 6.07) is 17.7. The lowest BCUT2D eigenvalue weighted by Crippen LogP contribution is -2.48. The number of ether oxygens (including phenoxy) is 2. The summed E-state index contributed by atoms with van der Waals surface area (Å²) < 4.78 is 69.4. The van der Waals surface area contributed by atoms with Crippen LogP contribution in [0.5, 0.6) is 5.75 Å². The van der Waals surface area contributed by atoms with Gasteiger partial charge in [-0.05, 0) is 87.7 Å². The summed E-state index contributed by atoms with van der Waals surface area (Å²) in [6.45, 7) is 5.66. The van der Waals surface area contributed by atoms with Gasteiger partial charge in [-0.25, -0.2) is 16.8 Å². The minimum Gasteiger partial charge on any atom is -0.490 e. The Morgan fingerprint density at radius 3 is 2.35 bits per heavy atom. The van der Waals surface area contributed by atoms with Crippen molar-refractivity contribution in [3.63, 3.8) is 0 Å². The average molecular weight is 722 g/mol. The van der Waals surface area contributed by atoms with Crippen LogP contribution in [0.1, 0.15) is 50.4 Å². The summed E-state index contributed by atoms with van der Waals surface area (Å²) in [4.78, 5) is 16.0. The average Bonchev–Trinajstić information content (AvgIpc) is 3.06. The summed E-state index contributed by atoms with van der Waals surface area (Å²) in [5.41, 5.74) is 0.261. The second kappa shape index (κ2) is 16.5. The van der Waals surface area contributed by atoms with Crippen LogP contribution >= 0.6 is 11.6 Å². The molecule has 0 saturated heterocycles. The molecule has 0 radical (unpaired) electrons. The Morgan fingerprint density at radius 2 is 1.69 bits per heavy atom. The van der Waals surface area contributed by atoms with Crippen LogP contribution in [0.2, 0.25) is 5.02 Å². The van der Waals surface area contributed by atoms with Gasteiger partial charge in [0.05, 0.1) is 40.2 Å². The van der Waals surface area contributed by atoms with E-state index in [-0.39, 0.29) is 58.5 Å². The van der Waals surface area contributed by atoms with E-state index in [0.29, 0.717) is 24.5 Å². The molecule has 3 aromatic rings. The molecule has 11 nitrogen and oxygen atoms in total. The Bertz CT molecular complexity index is 1740. The van der Waals surface area contributed by atoms with Crippen molar-refractivity contribution >= 4 is 43.2 Å². The number of hydrogen-bond acceptors (Lipinski definition) is 8. The number of carbonyl (C=O) groups is 1. The van der Waals surface area contributed by atoms with E-state index in [1.807, 2.05) is 13.8 Å². The Hall–Kier alpha value is -3.20. The Balaban J connectivity index is 1.68. The van der Waals surface area contributed by atoms with E-state index >= 15 is 0 Å². The number of benzene rings is 3. The van der Waals surface area contributed by atoms with Gasteiger partial charge in [0.25, 0.3) is 15.9 Å². The quantitative estimate of drug-likeness (QED) is 0.305. The molecular weight excluding hydrogens is 678 g/mol. The fourth-order valence-electron chi connectivity index (χ4n) is 5.40. The largest absolute Gasteiger partial charge is 0.490 e. The zero-order chi connectivity index (χ0) is 35.1. The van der Waals surface area contributed by atoms with Crippen molar-refractivity contribution < 1.29 is 36.2 Å². The van der Waals surface area contributed by atoms with Crippen LogP contribution < -0.4 is 9.46 Å². The van der Waals surface area contributed by atoms with Gasteiger partial charge in [-0.1, -0.05) is 36.7 Å². The first-order chi connectivity index (χ1) is 22.7. The molecule has 2 N–H and O–H groups in total.